The van der Waals surface area contributed by atoms with Crippen LogP contribution in [-0.2, 0) is 38.1 Å². The van der Waals surface area contributed by atoms with Crippen LogP contribution in [0, 0.1) is 13.8 Å². The van der Waals surface area contributed by atoms with Crippen molar-refractivity contribution < 1.29 is 38.1 Å². The van der Waals surface area contributed by atoms with Crippen LogP contribution in [-0.4, -0.2) is 52.3 Å². The topological polar surface area (TPSA) is 105 Å². The number of carbonyl (C=O) groups excluding carboxylic acids is 4. The molecule has 8 heteroatoms. The SMILES string of the molecule is COC(=O)/C=C(C(=O)OC)/C(C(=O)OC)=C(/C(=O)OC)c1c(C)cccc1C. The van der Waals surface area contributed by atoms with Crippen LogP contribution in [0.5, 0.6) is 0 Å². The lowest BCUT2D eigenvalue weighted by molar-refractivity contribution is -0.140. The van der Waals surface area contributed by atoms with Crippen LogP contribution in [0.1, 0.15) is 16.7 Å². The smallest absolute Gasteiger partial charge is 0.339 e. The lowest BCUT2D eigenvalue weighted by atomic mass is 9.89. The number of methoxy groups -OCH3 is 4. The van der Waals surface area contributed by atoms with Gasteiger partial charge in [-0.25, -0.2) is 19.2 Å². The van der Waals surface area contributed by atoms with Crippen LogP contribution in [0.25, 0.3) is 5.57 Å². The molecule has 0 aliphatic rings. The Morgan fingerprint density at radius 2 is 1.25 bits per heavy atom. The number of rotatable bonds is 6. The average molecular weight is 390 g/mol. The summed E-state index contributed by atoms with van der Waals surface area (Å²) in [6.45, 7) is 3.45. The maximum atomic E-state index is 12.7. The molecule has 0 bridgehead atoms. The predicted molar refractivity (Wildman–Crippen MR) is 99.0 cm³/mol. The first-order valence-electron chi connectivity index (χ1n) is 8.09. The van der Waals surface area contributed by atoms with Crippen molar-refractivity contribution >= 4 is 29.5 Å². The van der Waals surface area contributed by atoms with E-state index in [1.807, 2.05) is 0 Å². The lowest BCUT2D eigenvalue weighted by Gasteiger charge is -2.17. The minimum Gasteiger partial charge on any atom is -0.466 e. The highest BCUT2D eigenvalue weighted by Gasteiger charge is 2.33. The van der Waals surface area contributed by atoms with Gasteiger partial charge in [-0.3, -0.25) is 0 Å². The summed E-state index contributed by atoms with van der Waals surface area (Å²) < 4.78 is 18.9. The Morgan fingerprint density at radius 3 is 1.68 bits per heavy atom. The molecule has 0 unspecified atom stereocenters. The lowest BCUT2D eigenvalue weighted by Crippen LogP contribution is -2.22. The van der Waals surface area contributed by atoms with Crippen molar-refractivity contribution in [1.29, 1.82) is 0 Å². The molecule has 0 aromatic heterocycles. The van der Waals surface area contributed by atoms with Crippen molar-refractivity contribution in [2.24, 2.45) is 0 Å². The highest BCUT2D eigenvalue weighted by atomic mass is 16.5. The first-order valence-corrected chi connectivity index (χ1v) is 8.09. The molecule has 0 heterocycles. The van der Waals surface area contributed by atoms with Gasteiger partial charge < -0.3 is 18.9 Å². The molecule has 0 saturated carbocycles. The molecule has 0 radical (unpaired) electrons. The monoisotopic (exact) mass is 390 g/mol. The van der Waals surface area contributed by atoms with E-state index in [9.17, 15) is 19.2 Å². The Morgan fingerprint density at radius 1 is 0.750 bits per heavy atom. The molecule has 8 nitrogen and oxygen atoms in total. The number of esters is 4. The van der Waals surface area contributed by atoms with E-state index in [0.29, 0.717) is 16.7 Å². The van der Waals surface area contributed by atoms with Gasteiger partial charge in [-0.2, -0.15) is 0 Å². The third kappa shape index (κ3) is 4.85. The summed E-state index contributed by atoms with van der Waals surface area (Å²) in [6.07, 6.45) is 0.759. The molecule has 1 rings (SSSR count). The Bertz CT molecular complexity index is 841. The fraction of sp³-hybridized carbons (Fsp3) is 0.300. The van der Waals surface area contributed by atoms with Gasteiger partial charge in [0, 0.05) is 6.08 Å². The Labute approximate surface area is 162 Å². The van der Waals surface area contributed by atoms with E-state index in [4.69, 9.17) is 9.47 Å². The maximum Gasteiger partial charge on any atom is 0.339 e. The summed E-state index contributed by atoms with van der Waals surface area (Å²) in [5, 5.41) is 0. The fourth-order valence-electron chi connectivity index (χ4n) is 2.61. The second-order valence-electron chi connectivity index (χ2n) is 5.57. The van der Waals surface area contributed by atoms with E-state index in [1.165, 1.54) is 0 Å². The van der Waals surface area contributed by atoms with Gasteiger partial charge in [0.25, 0.3) is 0 Å². The summed E-state index contributed by atoms with van der Waals surface area (Å²) in [5.41, 5.74) is 0.460. The van der Waals surface area contributed by atoms with Gasteiger partial charge in [-0.05, 0) is 30.5 Å². The summed E-state index contributed by atoms with van der Waals surface area (Å²) >= 11 is 0. The maximum absolute atomic E-state index is 12.7. The molecule has 0 atom stereocenters. The zero-order valence-corrected chi connectivity index (χ0v) is 16.6. The summed E-state index contributed by atoms with van der Waals surface area (Å²) in [4.78, 5) is 49.4. The van der Waals surface area contributed by atoms with Crippen LogP contribution < -0.4 is 0 Å². The van der Waals surface area contributed by atoms with Crippen LogP contribution in [0.3, 0.4) is 0 Å². The number of hydrogen-bond donors (Lipinski definition) is 0. The normalized spacial score (nSPS) is 11.9. The van der Waals surface area contributed by atoms with Crippen molar-refractivity contribution in [3.8, 4) is 0 Å². The molecule has 0 amide bonds. The second-order valence-corrected chi connectivity index (χ2v) is 5.57. The molecular formula is C20H22O8. The van der Waals surface area contributed by atoms with E-state index in [-0.39, 0.29) is 5.57 Å². The van der Waals surface area contributed by atoms with Crippen LogP contribution in [0.15, 0.2) is 35.4 Å². The third-order valence-corrected chi connectivity index (χ3v) is 3.90. The van der Waals surface area contributed by atoms with E-state index in [2.05, 4.69) is 9.47 Å². The molecule has 0 fully saturated rings. The van der Waals surface area contributed by atoms with Gasteiger partial charge in [0.15, 0.2) is 0 Å². The number of carbonyl (C=O) groups is 4. The Hall–Kier alpha value is -3.42. The van der Waals surface area contributed by atoms with Gasteiger partial charge >= 0.3 is 23.9 Å². The van der Waals surface area contributed by atoms with Crippen molar-refractivity contribution in [3.63, 3.8) is 0 Å². The van der Waals surface area contributed by atoms with Gasteiger partial charge in [-0.15, -0.1) is 0 Å². The van der Waals surface area contributed by atoms with E-state index >= 15 is 0 Å². The molecule has 1 aromatic rings. The Balaban J connectivity index is 4.13. The quantitative estimate of drug-likeness (QED) is 0.313. The van der Waals surface area contributed by atoms with Crippen molar-refractivity contribution in [3.05, 3.63) is 52.1 Å². The van der Waals surface area contributed by atoms with Gasteiger partial charge in [0.1, 0.15) is 0 Å². The van der Waals surface area contributed by atoms with Gasteiger partial charge in [-0.1, -0.05) is 18.2 Å². The molecule has 0 N–H and O–H groups in total. The minimum atomic E-state index is -1.03. The summed E-state index contributed by atoms with van der Waals surface area (Å²) in [6, 6.07) is 5.22. The number of hydrogen-bond acceptors (Lipinski definition) is 8. The van der Waals surface area contributed by atoms with Crippen LogP contribution in [0.4, 0.5) is 0 Å². The van der Waals surface area contributed by atoms with Crippen molar-refractivity contribution in [2.45, 2.75) is 13.8 Å². The molecule has 28 heavy (non-hydrogen) atoms. The van der Waals surface area contributed by atoms with Gasteiger partial charge in [0.2, 0.25) is 0 Å². The first kappa shape index (κ1) is 22.6. The Kier molecular flexibility index (Phi) is 8.12. The van der Waals surface area contributed by atoms with Crippen molar-refractivity contribution in [1.82, 2.24) is 0 Å². The van der Waals surface area contributed by atoms with E-state index < -0.39 is 35.0 Å². The predicted octanol–water partition coefficient (Wildman–Crippen LogP) is 1.68. The molecule has 0 saturated heterocycles. The molecule has 0 spiro atoms. The largest absolute Gasteiger partial charge is 0.466 e. The minimum absolute atomic E-state index is 0.231. The highest BCUT2D eigenvalue weighted by Crippen LogP contribution is 2.31. The van der Waals surface area contributed by atoms with E-state index in [1.54, 1.807) is 32.0 Å². The molecular weight excluding hydrogens is 368 g/mol. The molecule has 0 aliphatic carbocycles. The van der Waals surface area contributed by atoms with E-state index in [0.717, 1.165) is 34.5 Å². The second kappa shape index (κ2) is 10.1. The summed E-state index contributed by atoms with van der Waals surface area (Å²) in [7, 11) is 4.38. The zero-order valence-electron chi connectivity index (χ0n) is 16.6. The molecule has 0 aliphatic heterocycles. The van der Waals surface area contributed by atoms with Crippen LogP contribution in [0.2, 0.25) is 0 Å². The number of benzene rings is 1. The highest BCUT2D eigenvalue weighted by molar-refractivity contribution is 6.28. The first-order chi connectivity index (χ1) is 13.2. The van der Waals surface area contributed by atoms with Crippen molar-refractivity contribution in [2.75, 3.05) is 28.4 Å². The number of aryl methyl sites for hydroxylation is 2. The average Bonchev–Trinajstić information content (AvgIpc) is 2.69. The molecule has 150 valence electrons. The van der Waals surface area contributed by atoms with Gasteiger partial charge in [0.05, 0.1) is 45.2 Å². The molecule has 1 aromatic carbocycles. The van der Waals surface area contributed by atoms with Crippen LogP contribution >= 0.6 is 0 Å². The zero-order chi connectivity index (χ0) is 21.4. The standard InChI is InChI=1S/C20H22O8/c1-11-8-7-9-12(2)15(11)17(20(24)28-6)16(19(23)27-5)13(18(22)26-4)10-14(21)25-3/h7-10H,1-6H3/b13-10-,17-16-. The third-order valence-electron chi connectivity index (χ3n) is 3.90. The summed E-state index contributed by atoms with van der Waals surface area (Å²) in [5.74, 6) is -3.87. The number of ether oxygens (including phenoxy) is 4. The fourth-order valence-corrected chi connectivity index (χ4v) is 2.61.